The van der Waals surface area contributed by atoms with Crippen LogP contribution in [-0.2, 0) is 32.2 Å². The summed E-state index contributed by atoms with van der Waals surface area (Å²) in [5.74, 6) is 0. The fourth-order valence-electron chi connectivity index (χ4n) is 3.72. The average molecular weight is 373 g/mol. The second-order valence-electron chi connectivity index (χ2n) is 7.64. The van der Waals surface area contributed by atoms with Crippen LogP contribution in [-0.4, -0.2) is 33.2 Å². The molecular weight excluding hydrogens is 344 g/mol. The van der Waals surface area contributed by atoms with Gasteiger partial charge >= 0.3 is 0 Å². The number of pyridine rings is 1. The molecule has 0 aliphatic carbocycles. The fourth-order valence-corrected chi connectivity index (χ4v) is 3.72. The highest BCUT2D eigenvalue weighted by atomic mass is 15.1. The molecule has 1 fully saturated rings. The Labute approximate surface area is 167 Å². The summed E-state index contributed by atoms with van der Waals surface area (Å²) in [5, 5.41) is 8.81. The van der Waals surface area contributed by atoms with Gasteiger partial charge in [0, 0.05) is 18.4 Å². The van der Waals surface area contributed by atoms with Crippen LogP contribution in [0.1, 0.15) is 41.1 Å². The Bertz CT molecular complexity index is 838. The van der Waals surface area contributed by atoms with E-state index < -0.39 is 0 Å². The lowest BCUT2D eigenvalue weighted by Gasteiger charge is -2.14. The van der Waals surface area contributed by atoms with E-state index in [4.69, 9.17) is 0 Å². The van der Waals surface area contributed by atoms with Gasteiger partial charge in [-0.3, -0.25) is 9.88 Å². The molecule has 1 aliphatic rings. The predicted molar refractivity (Wildman–Crippen MR) is 112 cm³/mol. The van der Waals surface area contributed by atoms with Crippen molar-refractivity contribution in [2.75, 3.05) is 13.1 Å². The predicted octanol–water partition coefficient (Wildman–Crippen LogP) is 4.04. The van der Waals surface area contributed by atoms with E-state index in [0.29, 0.717) is 0 Å². The normalized spacial score (nSPS) is 14.4. The molecule has 144 valence electrons. The minimum Gasteiger partial charge on any atom is -0.299 e. The quantitative estimate of drug-likeness (QED) is 0.598. The van der Waals surface area contributed by atoms with Gasteiger partial charge in [-0.25, -0.2) is 0 Å². The maximum Gasteiger partial charge on any atom is 0.0635 e. The van der Waals surface area contributed by atoms with Gasteiger partial charge in [-0.05, 0) is 80.9 Å². The number of hydrogen-bond acceptors (Lipinski definition) is 4. The molecule has 0 atom stereocenters. The van der Waals surface area contributed by atoms with E-state index in [0.717, 1.165) is 49.3 Å². The molecule has 3 heterocycles. The first kappa shape index (κ1) is 18.8. The molecule has 0 amide bonds. The van der Waals surface area contributed by atoms with Crippen molar-refractivity contribution < 1.29 is 0 Å². The average Bonchev–Trinajstić information content (AvgIpc) is 3.26. The zero-order valence-electron chi connectivity index (χ0n) is 16.4. The molecule has 1 saturated heterocycles. The van der Waals surface area contributed by atoms with Gasteiger partial charge in [0.1, 0.15) is 0 Å². The van der Waals surface area contributed by atoms with Crippen molar-refractivity contribution >= 4 is 0 Å². The van der Waals surface area contributed by atoms with E-state index in [1.165, 1.54) is 37.1 Å². The summed E-state index contributed by atoms with van der Waals surface area (Å²) in [6, 6.07) is 19.1. The van der Waals surface area contributed by atoms with Crippen LogP contribution in [0.2, 0.25) is 0 Å². The molecule has 0 unspecified atom stereocenters. The van der Waals surface area contributed by atoms with E-state index in [1.54, 1.807) is 0 Å². The number of rotatable bonds is 8. The number of aromatic nitrogens is 3. The lowest BCUT2D eigenvalue weighted by Crippen LogP contribution is -2.18. The van der Waals surface area contributed by atoms with Crippen LogP contribution in [0.3, 0.4) is 0 Å². The zero-order chi connectivity index (χ0) is 19.0. The molecule has 4 nitrogen and oxygen atoms in total. The first-order valence-electron chi connectivity index (χ1n) is 10.4. The van der Waals surface area contributed by atoms with E-state index in [9.17, 15) is 0 Å². The van der Waals surface area contributed by atoms with Gasteiger partial charge in [0.2, 0.25) is 0 Å². The summed E-state index contributed by atoms with van der Waals surface area (Å²) in [6.45, 7) is 3.48. The van der Waals surface area contributed by atoms with Crippen LogP contribution in [0, 0.1) is 0 Å². The Morgan fingerprint density at radius 3 is 1.93 bits per heavy atom. The minimum absolute atomic E-state index is 0.879. The third-order valence-electron chi connectivity index (χ3n) is 5.42. The maximum atomic E-state index is 4.64. The molecule has 2 aromatic heterocycles. The van der Waals surface area contributed by atoms with Gasteiger partial charge in [0.15, 0.2) is 0 Å². The number of hydrogen-bond donors (Lipinski definition) is 0. The molecule has 1 aromatic carbocycles. The van der Waals surface area contributed by atoms with Crippen LogP contribution in [0.15, 0.2) is 60.8 Å². The Hall–Kier alpha value is -2.59. The topological polar surface area (TPSA) is 41.9 Å². The highest BCUT2D eigenvalue weighted by Gasteiger charge is 2.11. The van der Waals surface area contributed by atoms with Gasteiger partial charge < -0.3 is 0 Å². The summed E-state index contributed by atoms with van der Waals surface area (Å²) in [7, 11) is 0. The SMILES string of the molecule is c1ccc(CCc2ccc(CCc3ccc(CN4CCCC4)cn3)nn2)cc1. The maximum absolute atomic E-state index is 4.64. The van der Waals surface area contributed by atoms with Crippen molar-refractivity contribution in [3.8, 4) is 0 Å². The van der Waals surface area contributed by atoms with Crippen LogP contribution >= 0.6 is 0 Å². The molecule has 0 saturated carbocycles. The molecule has 1 aliphatic heterocycles. The third kappa shape index (κ3) is 5.46. The second kappa shape index (κ2) is 9.56. The Balaban J connectivity index is 1.24. The number of nitrogens with zero attached hydrogens (tertiary/aromatic N) is 4. The molecule has 0 bridgehead atoms. The lowest BCUT2D eigenvalue weighted by molar-refractivity contribution is 0.331. The van der Waals surface area contributed by atoms with E-state index >= 15 is 0 Å². The molecule has 0 radical (unpaired) electrons. The van der Waals surface area contributed by atoms with Gasteiger partial charge in [0.25, 0.3) is 0 Å². The molecule has 4 rings (SSSR count). The molecule has 28 heavy (non-hydrogen) atoms. The van der Waals surface area contributed by atoms with E-state index in [-0.39, 0.29) is 0 Å². The van der Waals surface area contributed by atoms with Gasteiger partial charge in [-0.15, -0.1) is 0 Å². The van der Waals surface area contributed by atoms with Crippen molar-refractivity contribution in [1.29, 1.82) is 0 Å². The first-order chi connectivity index (χ1) is 13.8. The summed E-state index contributed by atoms with van der Waals surface area (Å²) < 4.78 is 0. The summed E-state index contributed by atoms with van der Waals surface area (Å²) in [4.78, 5) is 7.15. The fraction of sp³-hybridized carbons (Fsp3) is 0.375. The molecule has 0 N–H and O–H groups in total. The van der Waals surface area contributed by atoms with Crippen LogP contribution in [0.4, 0.5) is 0 Å². The largest absolute Gasteiger partial charge is 0.299 e. The van der Waals surface area contributed by atoms with E-state index in [1.807, 2.05) is 12.3 Å². The monoisotopic (exact) mass is 372 g/mol. The van der Waals surface area contributed by atoms with E-state index in [2.05, 4.69) is 68.6 Å². The summed E-state index contributed by atoms with van der Waals surface area (Å²) in [5.41, 5.74) is 5.87. The van der Waals surface area contributed by atoms with Crippen molar-refractivity contribution in [1.82, 2.24) is 20.1 Å². The minimum atomic E-state index is 0.879. The lowest BCUT2D eigenvalue weighted by atomic mass is 10.1. The Morgan fingerprint density at radius 1 is 0.643 bits per heavy atom. The van der Waals surface area contributed by atoms with Crippen molar-refractivity contribution in [2.24, 2.45) is 0 Å². The molecule has 0 spiro atoms. The highest BCUT2D eigenvalue weighted by molar-refractivity contribution is 5.18. The van der Waals surface area contributed by atoms with Crippen LogP contribution < -0.4 is 0 Å². The van der Waals surface area contributed by atoms with Crippen molar-refractivity contribution in [3.05, 3.63) is 89.0 Å². The molecular formula is C24H28N4. The number of likely N-dealkylation sites (tertiary alicyclic amines) is 1. The summed E-state index contributed by atoms with van der Waals surface area (Å²) in [6.07, 6.45) is 8.41. The standard InChI is InChI=1S/C24H28N4/c1-2-6-20(7-3-1)8-11-23-14-15-24(27-26-23)13-12-22-10-9-21(18-25-22)19-28-16-4-5-17-28/h1-3,6-7,9-10,14-15,18H,4-5,8,11-13,16-17,19H2. The van der Waals surface area contributed by atoms with Gasteiger partial charge in [-0.1, -0.05) is 36.4 Å². The molecule has 3 aromatic rings. The second-order valence-corrected chi connectivity index (χ2v) is 7.64. The Kier molecular flexibility index (Phi) is 6.40. The number of benzene rings is 1. The zero-order valence-corrected chi connectivity index (χ0v) is 16.4. The van der Waals surface area contributed by atoms with Crippen molar-refractivity contribution in [2.45, 2.75) is 45.1 Å². The summed E-state index contributed by atoms with van der Waals surface area (Å²) >= 11 is 0. The Morgan fingerprint density at radius 2 is 1.29 bits per heavy atom. The molecule has 4 heteroatoms. The van der Waals surface area contributed by atoms with Gasteiger partial charge in [0.05, 0.1) is 11.4 Å². The third-order valence-corrected chi connectivity index (χ3v) is 5.42. The first-order valence-corrected chi connectivity index (χ1v) is 10.4. The van der Waals surface area contributed by atoms with Crippen LogP contribution in [0.25, 0.3) is 0 Å². The van der Waals surface area contributed by atoms with Crippen LogP contribution in [0.5, 0.6) is 0 Å². The smallest absolute Gasteiger partial charge is 0.0635 e. The number of aryl methyl sites for hydroxylation is 4. The highest BCUT2D eigenvalue weighted by Crippen LogP contribution is 2.13. The van der Waals surface area contributed by atoms with Gasteiger partial charge in [-0.2, -0.15) is 10.2 Å². The van der Waals surface area contributed by atoms with Crippen molar-refractivity contribution in [3.63, 3.8) is 0 Å².